The molecular formula is C23H28O2. The highest BCUT2D eigenvalue weighted by molar-refractivity contribution is 5.63. The van der Waals surface area contributed by atoms with E-state index in [1.807, 2.05) is 26.0 Å². The van der Waals surface area contributed by atoms with E-state index in [0.29, 0.717) is 11.5 Å². The van der Waals surface area contributed by atoms with Crippen molar-refractivity contribution in [2.75, 3.05) is 0 Å². The molecule has 0 fully saturated rings. The predicted octanol–water partition coefficient (Wildman–Crippen LogP) is 5.36. The second-order valence-electron chi connectivity index (χ2n) is 9.57. The number of benzene rings is 2. The third-order valence-electron chi connectivity index (χ3n) is 6.65. The molecule has 0 aliphatic heterocycles. The summed E-state index contributed by atoms with van der Waals surface area (Å²) in [7, 11) is 0. The maximum atomic E-state index is 10.4. The van der Waals surface area contributed by atoms with Crippen LogP contribution >= 0.6 is 0 Å². The molecule has 0 radical (unpaired) electrons. The predicted molar refractivity (Wildman–Crippen MR) is 102 cm³/mol. The molecular weight excluding hydrogens is 308 g/mol. The van der Waals surface area contributed by atoms with Crippen molar-refractivity contribution < 1.29 is 10.2 Å². The minimum atomic E-state index is -0.131. The van der Waals surface area contributed by atoms with Crippen LogP contribution < -0.4 is 0 Å². The summed E-state index contributed by atoms with van der Waals surface area (Å²) < 4.78 is 0. The van der Waals surface area contributed by atoms with Crippen LogP contribution in [0.5, 0.6) is 11.5 Å². The van der Waals surface area contributed by atoms with Gasteiger partial charge in [0.05, 0.1) is 0 Å². The fourth-order valence-electron chi connectivity index (χ4n) is 5.59. The van der Waals surface area contributed by atoms with Gasteiger partial charge in [0.15, 0.2) is 0 Å². The molecule has 4 rings (SSSR count). The summed E-state index contributed by atoms with van der Waals surface area (Å²) in [6.45, 7) is 13.1. The third-order valence-corrected chi connectivity index (χ3v) is 6.65. The summed E-state index contributed by atoms with van der Waals surface area (Å²) in [6, 6.07) is 8.31. The van der Waals surface area contributed by atoms with Gasteiger partial charge in [-0.2, -0.15) is 0 Å². The van der Waals surface area contributed by atoms with Crippen LogP contribution in [0.1, 0.15) is 73.9 Å². The van der Waals surface area contributed by atoms with Crippen molar-refractivity contribution >= 4 is 0 Å². The van der Waals surface area contributed by atoms with Gasteiger partial charge in [-0.1, -0.05) is 39.8 Å². The lowest BCUT2D eigenvalue weighted by Gasteiger charge is -2.30. The first kappa shape index (κ1) is 16.5. The molecule has 2 heteroatoms. The van der Waals surface area contributed by atoms with Crippen LogP contribution in [-0.2, 0) is 16.2 Å². The van der Waals surface area contributed by atoms with Gasteiger partial charge >= 0.3 is 0 Å². The van der Waals surface area contributed by atoms with Gasteiger partial charge in [-0.05, 0) is 83.0 Å². The molecule has 0 heterocycles. The van der Waals surface area contributed by atoms with E-state index >= 15 is 0 Å². The zero-order chi connectivity index (χ0) is 18.4. The Morgan fingerprint density at radius 1 is 0.640 bits per heavy atom. The van der Waals surface area contributed by atoms with E-state index in [4.69, 9.17) is 0 Å². The van der Waals surface area contributed by atoms with Gasteiger partial charge in [0.2, 0.25) is 0 Å². The van der Waals surface area contributed by atoms with Gasteiger partial charge in [0, 0.05) is 5.41 Å². The standard InChI is InChI=1S/C23H28O2/c1-13-7-15-17(9-19(13)24)23(11-21(15,3)4)12-22(5,6)16-8-14(2)20(25)10-18(16)23/h7-10,24-25H,11-12H2,1-6H3. The lowest BCUT2D eigenvalue weighted by atomic mass is 9.72. The summed E-state index contributed by atoms with van der Waals surface area (Å²) in [5.74, 6) is 0.747. The molecule has 2 aromatic rings. The number of fused-ring (bicyclic) bond motifs is 4. The molecule has 0 bridgehead atoms. The van der Waals surface area contributed by atoms with Gasteiger partial charge in [-0.25, -0.2) is 0 Å². The topological polar surface area (TPSA) is 40.5 Å². The van der Waals surface area contributed by atoms with Crippen LogP contribution in [0.25, 0.3) is 0 Å². The first-order chi connectivity index (χ1) is 11.5. The van der Waals surface area contributed by atoms with Crippen LogP contribution in [-0.4, -0.2) is 10.2 Å². The first-order valence-corrected chi connectivity index (χ1v) is 9.17. The largest absolute Gasteiger partial charge is 0.508 e. The summed E-state index contributed by atoms with van der Waals surface area (Å²) >= 11 is 0. The summed E-state index contributed by atoms with van der Waals surface area (Å²) in [6.07, 6.45) is 2.02. The molecule has 2 aliphatic carbocycles. The van der Waals surface area contributed by atoms with Crippen LogP contribution in [0.4, 0.5) is 0 Å². The van der Waals surface area contributed by atoms with Crippen molar-refractivity contribution in [1.29, 1.82) is 0 Å². The number of aromatic hydroxyl groups is 2. The van der Waals surface area contributed by atoms with E-state index in [9.17, 15) is 10.2 Å². The molecule has 0 amide bonds. The van der Waals surface area contributed by atoms with Crippen molar-refractivity contribution in [1.82, 2.24) is 0 Å². The first-order valence-electron chi connectivity index (χ1n) is 9.17. The number of rotatable bonds is 0. The molecule has 0 saturated heterocycles. The minimum absolute atomic E-state index is 0.0476. The number of aryl methyl sites for hydroxylation is 2. The summed E-state index contributed by atoms with van der Waals surface area (Å²) in [5, 5.41) is 20.8. The number of phenolic OH excluding ortho intramolecular Hbond substituents is 2. The average Bonchev–Trinajstić information content (AvgIpc) is 2.82. The van der Waals surface area contributed by atoms with E-state index in [2.05, 4.69) is 39.8 Å². The van der Waals surface area contributed by atoms with Crippen LogP contribution in [0.2, 0.25) is 0 Å². The highest BCUT2D eigenvalue weighted by Gasteiger charge is 2.56. The van der Waals surface area contributed by atoms with Gasteiger partial charge in [-0.3, -0.25) is 0 Å². The monoisotopic (exact) mass is 336 g/mol. The van der Waals surface area contributed by atoms with Crippen molar-refractivity contribution in [2.45, 2.75) is 70.6 Å². The summed E-state index contributed by atoms with van der Waals surface area (Å²) in [5.41, 5.74) is 7.01. The Hall–Kier alpha value is -1.96. The highest BCUT2D eigenvalue weighted by Crippen LogP contribution is 2.63. The zero-order valence-corrected chi connectivity index (χ0v) is 16.1. The number of hydrogen-bond acceptors (Lipinski definition) is 2. The van der Waals surface area contributed by atoms with E-state index < -0.39 is 0 Å². The fourth-order valence-corrected chi connectivity index (χ4v) is 5.59. The fraction of sp³-hybridized carbons (Fsp3) is 0.478. The zero-order valence-electron chi connectivity index (χ0n) is 16.1. The maximum Gasteiger partial charge on any atom is 0.118 e. The van der Waals surface area contributed by atoms with Crippen LogP contribution in [0.15, 0.2) is 24.3 Å². The Kier molecular flexibility index (Phi) is 3.04. The second-order valence-corrected chi connectivity index (χ2v) is 9.57. The Morgan fingerprint density at radius 3 is 1.36 bits per heavy atom. The maximum absolute atomic E-state index is 10.4. The SMILES string of the molecule is Cc1cc2c(cc1O)C1(CC2(C)C)CC(C)(C)c2cc(C)c(O)cc21. The number of phenols is 2. The van der Waals surface area contributed by atoms with E-state index in [1.165, 1.54) is 22.3 Å². The quantitative estimate of drug-likeness (QED) is 0.679. The van der Waals surface area contributed by atoms with Crippen LogP contribution in [0.3, 0.4) is 0 Å². The third kappa shape index (κ3) is 2.03. The minimum Gasteiger partial charge on any atom is -0.508 e. The van der Waals surface area contributed by atoms with Gasteiger partial charge in [-0.15, -0.1) is 0 Å². The molecule has 25 heavy (non-hydrogen) atoms. The lowest BCUT2D eigenvalue weighted by molar-refractivity contribution is 0.348. The second kappa shape index (κ2) is 4.60. The summed E-state index contributed by atoms with van der Waals surface area (Å²) in [4.78, 5) is 0. The Balaban J connectivity index is 2.07. The molecule has 2 aromatic carbocycles. The van der Waals surface area contributed by atoms with Gasteiger partial charge in [0.1, 0.15) is 11.5 Å². The Morgan fingerprint density at radius 2 is 1.00 bits per heavy atom. The molecule has 0 saturated carbocycles. The lowest BCUT2D eigenvalue weighted by Crippen LogP contribution is -2.26. The molecule has 2 nitrogen and oxygen atoms in total. The van der Waals surface area contributed by atoms with Gasteiger partial charge < -0.3 is 10.2 Å². The van der Waals surface area contributed by atoms with Crippen LogP contribution in [0, 0.1) is 13.8 Å². The van der Waals surface area contributed by atoms with Crippen molar-refractivity contribution in [3.63, 3.8) is 0 Å². The van der Waals surface area contributed by atoms with Gasteiger partial charge in [0.25, 0.3) is 0 Å². The van der Waals surface area contributed by atoms with Crippen molar-refractivity contribution in [3.05, 3.63) is 57.6 Å². The molecule has 2 aliphatic rings. The smallest absolute Gasteiger partial charge is 0.118 e. The van der Waals surface area contributed by atoms with E-state index in [0.717, 1.165) is 24.0 Å². The molecule has 1 spiro atoms. The molecule has 132 valence electrons. The molecule has 0 atom stereocenters. The molecule has 0 aromatic heterocycles. The highest BCUT2D eigenvalue weighted by atomic mass is 16.3. The molecule has 0 unspecified atom stereocenters. The van der Waals surface area contributed by atoms with E-state index in [-0.39, 0.29) is 16.2 Å². The Bertz CT molecular complexity index is 827. The van der Waals surface area contributed by atoms with E-state index in [1.54, 1.807) is 0 Å². The average molecular weight is 336 g/mol. The van der Waals surface area contributed by atoms with Crippen molar-refractivity contribution in [2.24, 2.45) is 0 Å². The normalized spacial score (nSPS) is 21.4. The Labute approximate surface area is 150 Å². The van der Waals surface area contributed by atoms with Crippen molar-refractivity contribution in [3.8, 4) is 11.5 Å². The number of hydrogen-bond donors (Lipinski definition) is 2. The molecule has 2 N–H and O–H groups in total.